The van der Waals surface area contributed by atoms with Gasteiger partial charge in [-0.2, -0.15) is 0 Å². The molecule has 2 unspecified atom stereocenters. The summed E-state index contributed by atoms with van der Waals surface area (Å²) in [6, 6.07) is 9.67. The molecular weight excluding hydrogens is 328 g/mol. The summed E-state index contributed by atoms with van der Waals surface area (Å²) in [6.45, 7) is 3.46. The molecule has 0 saturated heterocycles. The molecule has 1 N–H and O–H groups in total. The Morgan fingerprint density at radius 2 is 2.08 bits per heavy atom. The molecule has 2 atom stereocenters. The second kappa shape index (κ2) is 7.42. The van der Waals surface area contributed by atoms with Gasteiger partial charge < -0.3 is 20.3 Å². The molecule has 1 aromatic carbocycles. The van der Waals surface area contributed by atoms with Crippen LogP contribution in [0.5, 0.6) is 5.75 Å². The minimum atomic E-state index is -1.32. The topological polar surface area (TPSA) is 71.1 Å². The minimum Gasteiger partial charge on any atom is -0.756 e. The first kappa shape index (κ1) is 17.1. The molecule has 24 heavy (non-hydrogen) atoms. The number of ether oxygens (including phenoxy) is 1. The molecule has 0 bridgehead atoms. The predicted octanol–water partition coefficient (Wildman–Crippen LogP) is 1.59. The summed E-state index contributed by atoms with van der Waals surface area (Å²) in [7, 11) is 1.80. The van der Waals surface area contributed by atoms with E-state index >= 15 is 0 Å². The Bertz CT molecular complexity index is 625. The Morgan fingerprint density at radius 3 is 2.83 bits per heavy atom. The zero-order chi connectivity index (χ0) is 17.1. The molecule has 3 rings (SSSR count). The average Bonchev–Trinajstić information content (AvgIpc) is 2.85. The van der Waals surface area contributed by atoms with Crippen molar-refractivity contribution in [2.24, 2.45) is 0 Å². The molecule has 8 heteroatoms. The molecule has 0 spiro atoms. The molecule has 2 aliphatic heterocycles. The minimum absolute atomic E-state index is 0.317. The van der Waals surface area contributed by atoms with Gasteiger partial charge in [-0.1, -0.05) is 18.2 Å². The van der Waals surface area contributed by atoms with Crippen molar-refractivity contribution >= 4 is 11.2 Å². The van der Waals surface area contributed by atoms with E-state index < -0.39 is 11.2 Å². The number of unbranched alkanes of at least 4 members (excludes halogenated alkanes) is 1. The van der Waals surface area contributed by atoms with Crippen molar-refractivity contribution in [3.63, 3.8) is 0 Å². The number of nitrogens with zero attached hydrogens (tertiary/aromatic N) is 3. The van der Waals surface area contributed by atoms with Crippen molar-refractivity contribution in [1.82, 2.24) is 19.0 Å². The molecule has 1 aromatic rings. The number of para-hydroxylation sites is 1. The Balaban J connectivity index is 1.53. The van der Waals surface area contributed by atoms with E-state index in [4.69, 9.17) is 4.74 Å². The third kappa shape index (κ3) is 3.50. The molecule has 132 valence electrons. The summed E-state index contributed by atoms with van der Waals surface area (Å²) in [5.74, 6) is 1.37. The van der Waals surface area contributed by atoms with Gasteiger partial charge in [0, 0.05) is 13.6 Å². The second-order valence-corrected chi connectivity index (χ2v) is 7.46. The summed E-state index contributed by atoms with van der Waals surface area (Å²) in [5.41, 5.74) is 0.847. The monoisotopic (exact) mass is 351 g/mol. The van der Waals surface area contributed by atoms with Crippen molar-refractivity contribution in [2.75, 3.05) is 26.7 Å². The first-order valence-corrected chi connectivity index (χ1v) is 9.19. The van der Waals surface area contributed by atoms with Crippen molar-refractivity contribution in [3.8, 4) is 5.75 Å². The van der Waals surface area contributed by atoms with Crippen molar-refractivity contribution in [2.45, 2.75) is 25.9 Å². The van der Waals surface area contributed by atoms with Gasteiger partial charge in [-0.3, -0.25) is 4.31 Å². The number of hydroxylamine groups is 2. The normalized spacial score (nSPS) is 24.1. The lowest BCUT2D eigenvalue weighted by molar-refractivity contribution is 0.280. The lowest BCUT2D eigenvalue weighted by Gasteiger charge is -2.40. The van der Waals surface area contributed by atoms with Crippen LogP contribution in [0.4, 0.5) is 0 Å². The first-order chi connectivity index (χ1) is 11.6. The third-order valence-corrected chi connectivity index (χ3v) is 5.45. The number of hydrogen-bond acceptors (Lipinski definition) is 5. The van der Waals surface area contributed by atoms with Crippen LogP contribution in [-0.2, 0) is 11.2 Å². The van der Waals surface area contributed by atoms with Gasteiger partial charge in [0.05, 0.1) is 25.0 Å². The highest BCUT2D eigenvalue weighted by molar-refractivity contribution is 7.80. The van der Waals surface area contributed by atoms with E-state index in [1.807, 2.05) is 30.3 Å². The third-order valence-electron chi connectivity index (χ3n) is 4.05. The fraction of sp³-hybridized carbons (Fsp3) is 0.500. The lowest BCUT2D eigenvalue weighted by Crippen LogP contribution is -2.45. The average molecular weight is 351 g/mol. The van der Waals surface area contributed by atoms with Crippen LogP contribution in [0.25, 0.3) is 0 Å². The molecule has 0 saturated carbocycles. The highest BCUT2D eigenvalue weighted by Crippen LogP contribution is 2.29. The molecule has 0 aliphatic carbocycles. The van der Waals surface area contributed by atoms with Gasteiger partial charge in [-0.25, -0.2) is 8.51 Å². The predicted molar refractivity (Wildman–Crippen MR) is 93.5 cm³/mol. The van der Waals surface area contributed by atoms with Crippen molar-refractivity contribution < 1.29 is 8.95 Å². The quantitative estimate of drug-likeness (QED) is 0.788. The molecule has 0 fully saturated rings. The van der Waals surface area contributed by atoms with Gasteiger partial charge in [0.15, 0.2) is 11.2 Å². The Labute approximate surface area is 145 Å². The summed E-state index contributed by atoms with van der Waals surface area (Å²) < 4.78 is 21.6. The van der Waals surface area contributed by atoms with Gasteiger partial charge in [0.25, 0.3) is 0 Å². The largest absolute Gasteiger partial charge is 0.756 e. The lowest BCUT2D eigenvalue weighted by atomic mass is 10.3. The maximum Gasteiger partial charge on any atom is 0.200 e. The Morgan fingerprint density at radius 1 is 1.33 bits per heavy atom. The van der Waals surface area contributed by atoms with E-state index in [-0.39, 0.29) is 6.17 Å². The van der Waals surface area contributed by atoms with Crippen LogP contribution >= 0.6 is 0 Å². The smallest absolute Gasteiger partial charge is 0.200 e. The van der Waals surface area contributed by atoms with Crippen LogP contribution < -0.4 is 10.1 Å². The van der Waals surface area contributed by atoms with Gasteiger partial charge in [-0.05, 0) is 31.9 Å². The second-order valence-electron chi connectivity index (χ2n) is 5.94. The molecule has 0 amide bonds. The van der Waals surface area contributed by atoms with Crippen molar-refractivity contribution in [1.29, 1.82) is 0 Å². The SMILES string of the molecule is CC1NC2=C(N1[O-])N(CCCCOc1ccccc1)S(=O)N(C)C2. The zero-order valence-corrected chi connectivity index (χ0v) is 14.8. The maximum absolute atomic E-state index is 12.5. The Kier molecular flexibility index (Phi) is 5.27. The van der Waals surface area contributed by atoms with Crippen molar-refractivity contribution in [3.05, 3.63) is 47.1 Å². The van der Waals surface area contributed by atoms with E-state index in [1.54, 1.807) is 22.6 Å². The molecule has 0 aromatic heterocycles. The maximum atomic E-state index is 12.5. The number of likely N-dealkylation sites (N-methyl/N-ethyl adjacent to an activating group) is 1. The summed E-state index contributed by atoms with van der Waals surface area (Å²) in [5, 5.41) is 16.3. The van der Waals surface area contributed by atoms with E-state index in [2.05, 4.69) is 5.32 Å². The number of nitrogens with one attached hydrogen (secondary N) is 1. The van der Waals surface area contributed by atoms with Gasteiger partial charge in [0.2, 0.25) is 0 Å². The summed E-state index contributed by atoms with van der Waals surface area (Å²) in [4.78, 5) is 0. The van der Waals surface area contributed by atoms with E-state index in [9.17, 15) is 9.42 Å². The summed E-state index contributed by atoms with van der Waals surface area (Å²) in [6.07, 6.45) is 1.31. The standard InChI is InChI=1S/C16H23N4O3S/c1-13-17-15-12-18(2)24(22)19(16(15)20(13)21)10-6-7-11-23-14-8-4-3-5-9-14/h3-5,8-9,13,17H,6-7,10-12H2,1-2H3/q-1. The number of rotatable bonds is 6. The van der Waals surface area contributed by atoms with Crippen LogP contribution in [0.15, 0.2) is 41.8 Å². The fourth-order valence-corrected chi connectivity index (χ4v) is 4.04. The summed E-state index contributed by atoms with van der Waals surface area (Å²) >= 11 is -1.32. The number of hydrogen-bond donors (Lipinski definition) is 1. The van der Waals surface area contributed by atoms with Crippen LogP contribution in [0.1, 0.15) is 19.8 Å². The first-order valence-electron chi connectivity index (χ1n) is 8.12. The van der Waals surface area contributed by atoms with Crippen LogP contribution in [-0.4, -0.2) is 50.8 Å². The highest BCUT2D eigenvalue weighted by atomic mass is 32.2. The fourth-order valence-electron chi connectivity index (χ4n) is 2.84. The van der Waals surface area contributed by atoms with Crippen LogP contribution in [0.3, 0.4) is 0 Å². The number of benzene rings is 1. The molecule has 0 radical (unpaired) electrons. The van der Waals surface area contributed by atoms with E-state index in [0.29, 0.717) is 25.5 Å². The molecule has 2 aliphatic rings. The van der Waals surface area contributed by atoms with Gasteiger partial charge in [-0.15, -0.1) is 0 Å². The van der Waals surface area contributed by atoms with E-state index in [1.165, 1.54) is 0 Å². The molecule has 7 nitrogen and oxygen atoms in total. The van der Waals surface area contributed by atoms with Gasteiger partial charge >= 0.3 is 0 Å². The molecular formula is C16H23N4O3S-. The zero-order valence-electron chi connectivity index (χ0n) is 14.0. The van der Waals surface area contributed by atoms with Gasteiger partial charge in [0.1, 0.15) is 11.6 Å². The van der Waals surface area contributed by atoms with Crippen LogP contribution in [0.2, 0.25) is 0 Å². The molecule has 2 heterocycles. The Hall–Kier alpha value is -1.77. The highest BCUT2D eigenvalue weighted by Gasteiger charge is 2.35. The van der Waals surface area contributed by atoms with Crippen LogP contribution in [0, 0.1) is 5.21 Å². The van der Waals surface area contributed by atoms with E-state index in [0.717, 1.165) is 29.4 Å².